The molecule has 0 spiro atoms. The minimum atomic E-state index is -4.30. The summed E-state index contributed by atoms with van der Waals surface area (Å²) in [6.45, 7) is -0.241. The lowest BCUT2D eigenvalue weighted by molar-refractivity contribution is 0.296. The molecule has 0 amide bonds. The van der Waals surface area contributed by atoms with E-state index in [9.17, 15) is 8.42 Å². The van der Waals surface area contributed by atoms with Crippen molar-refractivity contribution in [3.8, 4) is 0 Å². The SMILES string of the molecule is N.NC=CCOS(=O)(=O)O. The zero-order valence-corrected chi connectivity index (χ0v) is 6.04. The molecule has 0 saturated carbocycles. The Morgan fingerprint density at radius 3 is 2.40 bits per heavy atom. The molecule has 0 aliphatic rings. The van der Waals surface area contributed by atoms with Crippen molar-refractivity contribution in [1.82, 2.24) is 6.15 Å². The van der Waals surface area contributed by atoms with Crippen LogP contribution in [0.5, 0.6) is 0 Å². The van der Waals surface area contributed by atoms with Crippen LogP contribution in [0.3, 0.4) is 0 Å². The standard InChI is InChI=1S/C3H7NO4S.H3N/c4-2-1-3-8-9(5,6)7;/h1-2H,3-4H2,(H,5,6,7);1H3. The van der Waals surface area contributed by atoms with E-state index in [-0.39, 0.29) is 12.8 Å². The molecule has 0 aliphatic carbocycles. The van der Waals surface area contributed by atoms with Gasteiger partial charge in [0.1, 0.15) is 0 Å². The second kappa shape index (κ2) is 5.18. The van der Waals surface area contributed by atoms with E-state index in [1.807, 2.05) is 0 Å². The van der Waals surface area contributed by atoms with Gasteiger partial charge in [0.15, 0.2) is 0 Å². The van der Waals surface area contributed by atoms with Gasteiger partial charge in [-0.1, -0.05) is 0 Å². The number of nitrogens with two attached hydrogens (primary N) is 1. The van der Waals surface area contributed by atoms with Crippen LogP contribution in [0.1, 0.15) is 0 Å². The smallest absolute Gasteiger partial charge is 0.397 e. The van der Waals surface area contributed by atoms with Gasteiger partial charge >= 0.3 is 10.4 Å². The third-order valence-corrected chi connectivity index (χ3v) is 0.883. The quantitative estimate of drug-likeness (QED) is 0.487. The summed E-state index contributed by atoms with van der Waals surface area (Å²) in [6, 6.07) is 0. The van der Waals surface area contributed by atoms with E-state index >= 15 is 0 Å². The average molecular weight is 170 g/mol. The summed E-state index contributed by atoms with van der Waals surface area (Å²) in [5, 5.41) is 0. The Labute approximate surface area is 59.2 Å². The first kappa shape index (κ1) is 12.1. The van der Waals surface area contributed by atoms with Gasteiger partial charge in [-0.05, 0) is 12.3 Å². The molecule has 62 valence electrons. The van der Waals surface area contributed by atoms with Crippen molar-refractivity contribution in [2.75, 3.05) is 6.61 Å². The highest BCUT2D eigenvalue weighted by Gasteiger charge is 1.99. The molecule has 0 saturated heterocycles. The van der Waals surface area contributed by atoms with E-state index in [0.717, 1.165) is 6.20 Å². The molecule has 0 aromatic heterocycles. The van der Waals surface area contributed by atoms with E-state index in [1.54, 1.807) is 0 Å². The zero-order chi connectivity index (χ0) is 7.33. The van der Waals surface area contributed by atoms with Gasteiger partial charge in [-0.15, -0.1) is 0 Å². The molecular weight excluding hydrogens is 160 g/mol. The highest BCUT2D eigenvalue weighted by Crippen LogP contribution is 1.84. The molecule has 0 bridgehead atoms. The van der Waals surface area contributed by atoms with E-state index in [2.05, 4.69) is 4.18 Å². The van der Waals surface area contributed by atoms with Gasteiger partial charge in [-0.3, -0.25) is 4.55 Å². The normalized spacial score (nSPS) is 11.3. The zero-order valence-electron chi connectivity index (χ0n) is 5.23. The molecule has 0 radical (unpaired) electrons. The van der Waals surface area contributed by atoms with Crippen molar-refractivity contribution < 1.29 is 17.2 Å². The molecule has 0 unspecified atom stereocenters. The van der Waals surface area contributed by atoms with Gasteiger partial charge < -0.3 is 11.9 Å². The predicted molar refractivity (Wildman–Crippen MR) is 35.9 cm³/mol. The first-order chi connectivity index (χ1) is 4.06. The van der Waals surface area contributed by atoms with Crippen LogP contribution in [-0.4, -0.2) is 19.6 Å². The lowest BCUT2D eigenvalue weighted by atomic mass is 10.7. The van der Waals surface area contributed by atoms with Crippen molar-refractivity contribution in [2.24, 2.45) is 5.73 Å². The first-order valence-corrected chi connectivity index (χ1v) is 3.41. The van der Waals surface area contributed by atoms with Crippen LogP contribution in [0.15, 0.2) is 12.3 Å². The Balaban J connectivity index is 0. The number of hydrogen-bond acceptors (Lipinski definition) is 5. The summed E-state index contributed by atoms with van der Waals surface area (Å²) in [5.41, 5.74) is 4.82. The fourth-order valence-electron chi connectivity index (χ4n) is 0.181. The summed E-state index contributed by atoms with van der Waals surface area (Å²) in [7, 11) is -4.30. The van der Waals surface area contributed by atoms with Crippen molar-refractivity contribution in [3.63, 3.8) is 0 Å². The maximum atomic E-state index is 9.76. The van der Waals surface area contributed by atoms with Crippen LogP contribution in [0.4, 0.5) is 0 Å². The van der Waals surface area contributed by atoms with Crippen LogP contribution in [0, 0.1) is 0 Å². The van der Waals surface area contributed by atoms with E-state index in [4.69, 9.17) is 10.3 Å². The van der Waals surface area contributed by atoms with Crippen molar-refractivity contribution in [1.29, 1.82) is 0 Å². The molecule has 10 heavy (non-hydrogen) atoms. The van der Waals surface area contributed by atoms with Crippen LogP contribution >= 0.6 is 0 Å². The van der Waals surface area contributed by atoms with Gasteiger partial charge in [0.05, 0.1) is 6.61 Å². The topological polar surface area (TPSA) is 125 Å². The van der Waals surface area contributed by atoms with Crippen LogP contribution in [-0.2, 0) is 14.6 Å². The molecular formula is C3H10N2O4S. The van der Waals surface area contributed by atoms with E-state index in [1.165, 1.54) is 6.08 Å². The van der Waals surface area contributed by atoms with E-state index in [0.29, 0.717) is 0 Å². The largest absolute Gasteiger partial charge is 0.405 e. The van der Waals surface area contributed by atoms with Gasteiger partial charge in [-0.2, -0.15) is 8.42 Å². The Morgan fingerprint density at radius 1 is 1.60 bits per heavy atom. The van der Waals surface area contributed by atoms with E-state index < -0.39 is 10.4 Å². The fourth-order valence-corrected chi connectivity index (χ4v) is 0.431. The maximum Gasteiger partial charge on any atom is 0.397 e. The lowest BCUT2D eigenvalue weighted by Crippen LogP contribution is -2.03. The molecule has 6 nitrogen and oxygen atoms in total. The maximum absolute atomic E-state index is 9.76. The van der Waals surface area contributed by atoms with Crippen LogP contribution in [0.25, 0.3) is 0 Å². The molecule has 0 fully saturated rings. The Hall–Kier alpha value is -0.630. The Bertz CT molecular complexity index is 185. The molecule has 7 heteroatoms. The van der Waals surface area contributed by atoms with Crippen LogP contribution in [0.2, 0.25) is 0 Å². The second-order valence-corrected chi connectivity index (χ2v) is 2.23. The molecule has 6 N–H and O–H groups in total. The fraction of sp³-hybridized carbons (Fsp3) is 0.333. The summed E-state index contributed by atoms with van der Waals surface area (Å²) in [6.07, 6.45) is 2.36. The monoisotopic (exact) mass is 170 g/mol. The molecule has 0 atom stereocenters. The van der Waals surface area contributed by atoms with Crippen molar-refractivity contribution >= 4 is 10.4 Å². The molecule has 0 aromatic rings. The highest BCUT2D eigenvalue weighted by atomic mass is 32.3. The van der Waals surface area contributed by atoms with Gasteiger partial charge in [-0.25, -0.2) is 4.18 Å². The van der Waals surface area contributed by atoms with Gasteiger partial charge in [0, 0.05) is 0 Å². The van der Waals surface area contributed by atoms with Gasteiger partial charge in [0.25, 0.3) is 0 Å². The molecule has 0 aliphatic heterocycles. The average Bonchev–Trinajstić information content (AvgIpc) is 1.63. The van der Waals surface area contributed by atoms with Gasteiger partial charge in [0.2, 0.25) is 0 Å². The minimum absolute atomic E-state index is 0. The molecule has 0 aromatic carbocycles. The summed E-state index contributed by atoms with van der Waals surface area (Å²) >= 11 is 0. The number of rotatable bonds is 3. The van der Waals surface area contributed by atoms with Crippen molar-refractivity contribution in [3.05, 3.63) is 12.3 Å². The molecule has 0 heterocycles. The summed E-state index contributed by atoms with van der Waals surface area (Å²) in [5.74, 6) is 0. The Morgan fingerprint density at radius 2 is 2.10 bits per heavy atom. The lowest BCUT2D eigenvalue weighted by Gasteiger charge is -1.90. The predicted octanol–water partition coefficient (Wildman–Crippen LogP) is -0.560. The Kier molecular flexibility index (Phi) is 6.26. The second-order valence-electron chi connectivity index (χ2n) is 1.14. The first-order valence-electron chi connectivity index (χ1n) is 2.05. The summed E-state index contributed by atoms with van der Waals surface area (Å²) in [4.78, 5) is 0. The van der Waals surface area contributed by atoms with Crippen molar-refractivity contribution in [2.45, 2.75) is 0 Å². The third-order valence-electron chi connectivity index (χ3n) is 0.449. The third kappa shape index (κ3) is 10.4. The minimum Gasteiger partial charge on any atom is -0.405 e. The molecule has 0 rings (SSSR count). The van der Waals surface area contributed by atoms with Crippen LogP contribution < -0.4 is 11.9 Å². The summed E-state index contributed by atoms with van der Waals surface area (Å²) < 4.78 is 31.3. The highest BCUT2D eigenvalue weighted by molar-refractivity contribution is 7.80. The number of hydrogen-bond donors (Lipinski definition) is 3.